The van der Waals surface area contributed by atoms with Gasteiger partial charge in [0, 0.05) is 11.6 Å². The van der Waals surface area contributed by atoms with Gasteiger partial charge < -0.3 is 5.32 Å². The number of sulfone groups is 1. The van der Waals surface area contributed by atoms with E-state index >= 15 is 0 Å². The van der Waals surface area contributed by atoms with Crippen molar-refractivity contribution in [1.29, 1.82) is 0 Å². The minimum atomic E-state index is -3.66. The molecule has 0 aliphatic heterocycles. The summed E-state index contributed by atoms with van der Waals surface area (Å²) in [6.07, 6.45) is 1.60. The van der Waals surface area contributed by atoms with Crippen LogP contribution in [-0.2, 0) is 14.6 Å². The SMILES string of the molecule is CC(C)CCNC(=O)C1(S(=O)(=O)c2ccc(Cl)cc2)CC1. The normalized spacial score (nSPS) is 16.8. The molecule has 0 heterocycles. The molecule has 6 heteroatoms. The van der Waals surface area contributed by atoms with Crippen molar-refractivity contribution < 1.29 is 13.2 Å². The Labute approximate surface area is 130 Å². The van der Waals surface area contributed by atoms with Crippen molar-refractivity contribution in [3.63, 3.8) is 0 Å². The highest BCUT2D eigenvalue weighted by molar-refractivity contribution is 7.94. The molecule has 2 rings (SSSR count). The molecule has 1 aromatic carbocycles. The highest BCUT2D eigenvalue weighted by atomic mass is 35.5. The summed E-state index contributed by atoms with van der Waals surface area (Å²) in [7, 11) is -3.66. The molecular weight excluding hydrogens is 310 g/mol. The number of hydrogen-bond acceptors (Lipinski definition) is 3. The van der Waals surface area contributed by atoms with Gasteiger partial charge in [-0.2, -0.15) is 0 Å². The first-order chi connectivity index (χ1) is 9.79. The molecule has 0 spiro atoms. The Hall–Kier alpha value is -1.07. The second-order valence-corrected chi connectivity index (χ2v) is 8.59. The molecule has 0 radical (unpaired) electrons. The molecule has 0 bridgehead atoms. The molecule has 0 aromatic heterocycles. The molecule has 116 valence electrons. The number of halogens is 1. The first-order valence-corrected chi connectivity index (χ1v) is 8.94. The van der Waals surface area contributed by atoms with Gasteiger partial charge in [-0.3, -0.25) is 4.79 Å². The van der Waals surface area contributed by atoms with E-state index in [0.29, 0.717) is 30.3 Å². The van der Waals surface area contributed by atoms with Crippen LogP contribution in [0.25, 0.3) is 0 Å². The Morgan fingerprint density at radius 2 is 1.86 bits per heavy atom. The number of rotatable bonds is 6. The van der Waals surface area contributed by atoms with Gasteiger partial charge in [0.25, 0.3) is 0 Å². The number of amides is 1. The van der Waals surface area contributed by atoms with E-state index in [9.17, 15) is 13.2 Å². The predicted molar refractivity (Wildman–Crippen MR) is 83.1 cm³/mol. The van der Waals surface area contributed by atoms with Crippen LogP contribution in [-0.4, -0.2) is 25.6 Å². The molecule has 1 amide bonds. The molecular formula is C15H20ClNO3S. The van der Waals surface area contributed by atoms with Crippen LogP contribution in [0.15, 0.2) is 29.2 Å². The Morgan fingerprint density at radius 3 is 2.33 bits per heavy atom. The van der Waals surface area contributed by atoms with Crippen LogP contribution < -0.4 is 5.32 Å². The third kappa shape index (κ3) is 3.24. The summed E-state index contributed by atoms with van der Waals surface area (Å²) < 4.78 is 24.0. The Bertz CT molecular complexity index is 619. The Kier molecular flexibility index (Phi) is 4.63. The van der Waals surface area contributed by atoms with E-state index in [1.807, 2.05) is 0 Å². The van der Waals surface area contributed by atoms with Crippen molar-refractivity contribution in [3.8, 4) is 0 Å². The zero-order valence-corrected chi connectivity index (χ0v) is 13.8. The molecule has 1 aromatic rings. The van der Waals surface area contributed by atoms with Crippen molar-refractivity contribution in [3.05, 3.63) is 29.3 Å². The lowest BCUT2D eigenvalue weighted by atomic mass is 10.1. The van der Waals surface area contributed by atoms with Crippen molar-refractivity contribution in [2.45, 2.75) is 42.8 Å². The van der Waals surface area contributed by atoms with Crippen molar-refractivity contribution in [2.75, 3.05) is 6.54 Å². The minimum absolute atomic E-state index is 0.156. The molecule has 1 fully saturated rings. The van der Waals surface area contributed by atoms with Crippen molar-refractivity contribution in [2.24, 2.45) is 5.92 Å². The van der Waals surface area contributed by atoms with Gasteiger partial charge in [0.05, 0.1) is 4.90 Å². The highest BCUT2D eigenvalue weighted by Gasteiger charge is 2.60. The van der Waals surface area contributed by atoms with Gasteiger partial charge in [0.2, 0.25) is 5.91 Å². The lowest BCUT2D eigenvalue weighted by Crippen LogP contribution is -2.42. The number of hydrogen-bond donors (Lipinski definition) is 1. The zero-order chi connectivity index (χ0) is 15.7. The quantitative estimate of drug-likeness (QED) is 0.872. The maximum Gasteiger partial charge on any atom is 0.241 e. The molecule has 1 N–H and O–H groups in total. The largest absolute Gasteiger partial charge is 0.355 e. The summed E-state index contributed by atoms with van der Waals surface area (Å²) in [5.41, 5.74) is 0. The number of carbonyl (C=O) groups excluding carboxylic acids is 1. The summed E-state index contributed by atoms with van der Waals surface area (Å²) >= 11 is 5.78. The number of nitrogens with one attached hydrogen (secondary N) is 1. The van der Waals surface area contributed by atoms with Crippen LogP contribution in [0.5, 0.6) is 0 Å². The van der Waals surface area contributed by atoms with Crippen LogP contribution in [0.1, 0.15) is 33.1 Å². The second-order valence-electron chi connectivity index (χ2n) is 5.89. The number of carbonyl (C=O) groups is 1. The van der Waals surface area contributed by atoms with Crippen LogP contribution >= 0.6 is 11.6 Å². The van der Waals surface area contributed by atoms with Gasteiger partial charge in [0.15, 0.2) is 14.6 Å². The summed E-state index contributed by atoms with van der Waals surface area (Å²) in [6, 6.07) is 5.97. The maximum atomic E-state index is 12.7. The molecule has 4 nitrogen and oxygen atoms in total. The standard InChI is InChI=1S/C15H20ClNO3S/c1-11(2)7-10-17-14(18)15(8-9-15)21(19,20)13-5-3-12(16)4-6-13/h3-6,11H,7-10H2,1-2H3,(H,17,18). The lowest BCUT2D eigenvalue weighted by Gasteiger charge is -2.17. The van der Waals surface area contributed by atoms with Gasteiger partial charge in [0.1, 0.15) is 0 Å². The average molecular weight is 330 g/mol. The predicted octanol–water partition coefficient (Wildman–Crippen LogP) is 2.81. The third-order valence-corrected chi connectivity index (χ3v) is 6.53. The van der Waals surface area contributed by atoms with E-state index in [4.69, 9.17) is 11.6 Å². The third-order valence-electron chi connectivity index (χ3n) is 3.76. The fourth-order valence-electron chi connectivity index (χ4n) is 2.21. The molecule has 1 aliphatic carbocycles. The van der Waals surface area contributed by atoms with Crippen LogP contribution in [0, 0.1) is 5.92 Å². The molecule has 0 saturated heterocycles. The fourth-order valence-corrected chi connectivity index (χ4v) is 4.23. The first kappa shape index (κ1) is 16.3. The lowest BCUT2D eigenvalue weighted by molar-refractivity contribution is -0.121. The van der Waals surface area contributed by atoms with Crippen molar-refractivity contribution >= 4 is 27.3 Å². The molecule has 1 aliphatic rings. The molecule has 0 atom stereocenters. The van der Waals surface area contributed by atoms with E-state index in [-0.39, 0.29) is 10.8 Å². The van der Waals surface area contributed by atoms with Gasteiger partial charge in [-0.15, -0.1) is 0 Å². The fraction of sp³-hybridized carbons (Fsp3) is 0.533. The van der Waals surface area contributed by atoms with E-state index in [1.54, 1.807) is 0 Å². The topological polar surface area (TPSA) is 63.2 Å². The van der Waals surface area contributed by atoms with E-state index in [2.05, 4.69) is 19.2 Å². The van der Waals surface area contributed by atoms with Gasteiger partial charge in [-0.05, 0) is 49.4 Å². The Morgan fingerprint density at radius 1 is 1.29 bits per heavy atom. The summed E-state index contributed by atoms with van der Waals surface area (Å²) in [5, 5.41) is 3.23. The smallest absolute Gasteiger partial charge is 0.241 e. The van der Waals surface area contributed by atoms with E-state index in [1.165, 1.54) is 24.3 Å². The average Bonchev–Trinajstić information content (AvgIpc) is 3.20. The summed E-state index contributed by atoms with van der Waals surface area (Å²) in [4.78, 5) is 12.4. The van der Waals surface area contributed by atoms with Gasteiger partial charge >= 0.3 is 0 Å². The monoisotopic (exact) mass is 329 g/mol. The van der Waals surface area contributed by atoms with Crippen LogP contribution in [0.4, 0.5) is 0 Å². The highest BCUT2D eigenvalue weighted by Crippen LogP contribution is 2.47. The minimum Gasteiger partial charge on any atom is -0.355 e. The molecule has 21 heavy (non-hydrogen) atoms. The maximum absolute atomic E-state index is 12.7. The van der Waals surface area contributed by atoms with E-state index in [0.717, 1.165) is 6.42 Å². The molecule has 1 saturated carbocycles. The van der Waals surface area contributed by atoms with Gasteiger partial charge in [-0.1, -0.05) is 25.4 Å². The van der Waals surface area contributed by atoms with E-state index < -0.39 is 14.6 Å². The number of benzene rings is 1. The van der Waals surface area contributed by atoms with Gasteiger partial charge in [-0.25, -0.2) is 8.42 Å². The first-order valence-electron chi connectivity index (χ1n) is 7.08. The zero-order valence-electron chi connectivity index (χ0n) is 12.2. The van der Waals surface area contributed by atoms with Crippen LogP contribution in [0.3, 0.4) is 0 Å². The summed E-state index contributed by atoms with van der Waals surface area (Å²) in [5.74, 6) is 0.0893. The summed E-state index contributed by atoms with van der Waals surface area (Å²) in [6.45, 7) is 4.63. The van der Waals surface area contributed by atoms with Crippen molar-refractivity contribution in [1.82, 2.24) is 5.32 Å². The molecule has 0 unspecified atom stereocenters. The second kappa shape index (κ2) is 5.97. The van der Waals surface area contributed by atoms with Crippen LogP contribution in [0.2, 0.25) is 5.02 Å². The Balaban J connectivity index is 2.15.